The van der Waals surface area contributed by atoms with Crippen LogP contribution in [0.15, 0.2) is 41.1 Å². The van der Waals surface area contributed by atoms with Gasteiger partial charge < -0.3 is 15.5 Å². The van der Waals surface area contributed by atoms with Gasteiger partial charge in [0.2, 0.25) is 5.95 Å². The first-order valence-electron chi connectivity index (χ1n) is 9.62. The molecule has 1 aliphatic heterocycles. The van der Waals surface area contributed by atoms with Gasteiger partial charge in [0.1, 0.15) is 17.1 Å². The van der Waals surface area contributed by atoms with E-state index in [9.17, 15) is 14.0 Å². The molecule has 1 fully saturated rings. The predicted molar refractivity (Wildman–Crippen MR) is 123 cm³/mol. The lowest BCUT2D eigenvalue weighted by Crippen LogP contribution is -2.46. The van der Waals surface area contributed by atoms with Gasteiger partial charge in [0.05, 0.1) is 9.35 Å². The molecule has 0 radical (unpaired) electrons. The van der Waals surface area contributed by atoms with E-state index in [1.807, 2.05) is 0 Å². The Bertz CT molecular complexity index is 1170. The third kappa shape index (κ3) is 4.55. The Hall–Kier alpha value is -3.12. The number of carbonyl (C=O) groups is 2. The molecule has 3 heterocycles. The molecule has 0 atom stereocenters. The van der Waals surface area contributed by atoms with Crippen molar-refractivity contribution in [1.82, 2.24) is 25.2 Å². The fourth-order valence-corrected chi connectivity index (χ4v) is 4.45. The Balaban J connectivity index is 1.43. The fraction of sp³-hybridized carbons (Fsp3) is 0.250. The summed E-state index contributed by atoms with van der Waals surface area (Å²) in [4.78, 5) is 39.3. The highest BCUT2D eigenvalue weighted by atomic mass is 79.9. The molecule has 4 rings (SSSR count). The van der Waals surface area contributed by atoms with E-state index in [0.29, 0.717) is 34.3 Å². The first kappa shape index (κ1) is 22.1. The van der Waals surface area contributed by atoms with Crippen LogP contribution >= 0.6 is 27.3 Å². The van der Waals surface area contributed by atoms with E-state index >= 15 is 0 Å². The third-order valence-electron chi connectivity index (χ3n) is 4.89. The largest absolute Gasteiger partial charge is 0.352 e. The van der Waals surface area contributed by atoms with Crippen LogP contribution in [0.1, 0.15) is 13.8 Å². The maximum absolute atomic E-state index is 13.1. The van der Waals surface area contributed by atoms with Gasteiger partial charge in [-0.2, -0.15) is 0 Å². The Morgan fingerprint density at radius 1 is 1.19 bits per heavy atom. The summed E-state index contributed by atoms with van der Waals surface area (Å²) < 4.78 is 13.8. The zero-order valence-corrected chi connectivity index (χ0v) is 19.6. The molecule has 1 saturated heterocycles. The molecular formula is C20H19BrFN7O2S. The number of halogens is 2. The lowest BCUT2D eigenvalue weighted by atomic mass is 10.0. The Morgan fingerprint density at radius 2 is 1.94 bits per heavy atom. The van der Waals surface area contributed by atoms with Crippen molar-refractivity contribution in [2.24, 2.45) is 0 Å². The van der Waals surface area contributed by atoms with Crippen molar-refractivity contribution < 1.29 is 14.0 Å². The molecule has 3 amide bonds. The number of carbonyl (C=O) groups excluding carboxylic acids is 2. The van der Waals surface area contributed by atoms with Crippen molar-refractivity contribution in [3.8, 4) is 10.6 Å². The molecule has 0 spiro atoms. The molecule has 1 aromatic carbocycles. The molecule has 1 aliphatic rings. The fourth-order valence-electron chi connectivity index (χ4n) is 3.08. The van der Waals surface area contributed by atoms with Gasteiger partial charge in [-0.3, -0.25) is 10.1 Å². The van der Waals surface area contributed by atoms with E-state index < -0.39 is 11.6 Å². The van der Waals surface area contributed by atoms with Crippen LogP contribution in [-0.4, -0.2) is 50.4 Å². The highest BCUT2D eigenvalue weighted by Crippen LogP contribution is 2.34. The molecule has 9 nitrogen and oxygen atoms in total. The molecule has 0 aliphatic carbocycles. The summed E-state index contributed by atoms with van der Waals surface area (Å²) in [6, 6.07) is 5.60. The summed E-state index contributed by atoms with van der Waals surface area (Å²) in [6.07, 6.45) is 3.32. The summed E-state index contributed by atoms with van der Waals surface area (Å²) in [5.41, 5.74) is 0.478. The number of aromatic nitrogens is 3. The Morgan fingerprint density at radius 3 is 2.62 bits per heavy atom. The summed E-state index contributed by atoms with van der Waals surface area (Å²) in [5, 5.41) is 9.18. The van der Waals surface area contributed by atoms with E-state index in [-0.39, 0.29) is 11.7 Å². The molecule has 0 saturated carbocycles. The Kier molecular flexibility index (Phi) is 6.07. The van der Waals surface area contributed by atoms with Crippen LogP contribution in [0.5, 0.6) is 0 Å². The third-order valence-corrected chi connectivity index (χ3v) is 6.39. The number of benzene rings is 1. The number of urea groups is 1. The Labute approximate surface area is 195 Å². The van der Waals surface area contributed by atoms with Crippen molar-refractivity contribution in [1.29, 1.82) is 0 Å². The van der Waals surface area contributed by atoms with Gasteiger partial charge in [0.15, 0.2) is 5.13 Å². The summed E-state index contributed by atoms with van der Waals surface area (Å²) in [7, 11) is 0. The second-order valence-electron chi connectivity index (χ2n) is 7.45. The molecule has 166 valence electrons. The minimum Gasteiger partial charge on any atom is -0.352 e. The van der Waals surface area contributed by atoms with Crippen molar-refractivity contribution in [3.05, 3.63) is 46.9 Å². The number of anilines is 3. The standard InChI is InChI=1S/C20H19BrFN7O2S/c1-20(2)16(30)28-19(31)29(20)8-7-23-17-24-9-13(21)15(27-17)14-10-25-18(32-14)26-12-5-3-11(22)4-6-12/h3-6,9-10H,7-8H2,1-2H3,(H,25,26)(H,23,24,27)(H,28,30,31). The zero-order valence-electron chi connectivity index (χ0n) is 17.1. The van der Waals surface area contributed by atoms with Crippen LogP contribution in [-0.2, 0) is 4.79 Å². The minimum atomic E-state index is -0.902. The lowest BCUT2D eigenvalue weighted by molar-refractivity contribution is -0.125. The van der Waals surface area contributed by atoms with Gasteiger partial charge in [-0.1, -0.05) is 11.3 Å². The quantitative estimate of drug-likeness (QED) is 0.404. The molecule has 32 heavy (non-hydrogen) atoms. The van der Waals surface area contributed by atoms with Crippen LogP contribution in [0.3, 0.4) is 0 Å². The monoisotopic (exact) mass is 519 g/mol. The van der Waals surface area contributed by atoms with E-state index in [1.165, 1.54) is 28.4 Å². The summed E-state index contributed by atoms with van der Waals surface area (Å²) >= 11 is 4.86. The van der Waals surface area contributed by atoms with E-state index in [2.05, 4.69) is 46.8 Å². The molecule has 3 N–H and O–H groups in total. The number of rotatable bonds is 7. The number of thiazole rings is 1. The van der Waals surface area contributed by atoms with E-state index in [4.69, 9.17) is 0 Å². The number of hydrogen-bond acceptors (Lipinski definition) is 8. The average Bonchev–Trinajstić information content (AvgIpc) is 3.28. The molecule has 12 heteroatoms. The van der Waals surface area contributed by atoms with Crippen LogP contribution < -0.4 is 16.0 Å². The van der Waals surface area contributed by atoms with Crippen LogP contribution in [0.25, 0.3) is 10.6 Å². The van der Waals surface area contributed by atoms with Crippen molar-refractivity contribution >= 4 is 56.0 Å². The summed E-state index contributed by atoms with van der Waals surface area (Å²) in [6.45, 7) is 4.07. The zero-order chi connectivity index (χ0) is 22.9. The smallest absolute Gasteiger partial charge is 0.325 e. The number of amides is 3. The van der Waals surface area contributed by atoms with Gasteiger partial charge >= 0.3 is 6.03 Å². The van der Waals surface area contributed by atoms with Gasteiger partial charge in [-0.25, -0.2) is 24.1 Å². The second kappa shape index (κ2) is 8.79. The maximum Gasteiger partial charge on any atom is 0.325 e. The number of imide groups is 1. The van der Waals surface area contributed by atoms with Crippen molar-refractivity contribution in [3.63, 3.8) is 0 Å². The van der Waals surface area contributed by atoms with Gasteiger partial charge in [0, 0.05) is 31.2 Å². The number of nitrogens with one attached hydrogen (secondary N) is 3. The molecule has 3 aromatic rings. The van der Waals surface area contributed by atoms with Gasteiger partial charge in [-0.05, 0) is 54.0 Å². The highest BCUT2D eigenvalue weighted by molar-refractivity contribution is 9.10. The maximum atomic E-state index is 13.1. The van der Waals surface area contributed by atoms with Crippen molar-refractivity contribution in [2.45, 2.75) is 19.4 Å². The van der Waals surface area contributed by atoms with Crippen molar-refractivity contribution in [2.75, 3.05) is 23.7 Å². The first-order valence-corrected chi connectivity index (χ1v) is 11.2. The van der Waals surface area contributed by atoms with E-state index in [1.54, 1.807) is 38.4 Å². The topological polar surface area (TPSA) is 112 Å². The molecular weight excluding hydrogens is 501 g/mol. The highest BCUT2D eigenvalue weighted by Gasteiger charge is 2.45. The average molecular weight is 520 g/mol. The van der Waals surface area contributed by atoms with E-state index in [0.717, 1.165) is 10.6 Å². The molecule has 2 aromatic heterocycles. The van der Waals surface area contributed by atoms with Crippen LogP contribution in [0.2, 0.25) is 0 Å². The summed E-state index contributed by atoms with van der Waals surface area (Å²) in [5.74, 6) is -0.242. The van der Waals surface area contributed by atoms with Gasteiger partial charge in [-0.15, -0.1) is 0 Å². The van der Waals surface area contributed by atoms with Crippen LogP contribution in [0.4, 0.5) is 26.0 Å². The molecule has 0 unspecified atom stereocenters. The minimum absolute atomic E-state index is 0.305. The lowest BCUT2D eigenvalue weighted by Gasteiger charge is -2.27. The van der Waals surface area contributed by atoms with Gasteiger partial charge in [0.25, 0.3) is 5.91 Å². The molecule has 0 bridgehead atoms. The normalized spacial score (nSPS) is 15.1. The van der Waals surface area contributed by atoms with Crippen LogP contribution in [0, 0.1) is 5.82 Å². The number of nitrogens with zero attached hydrogens (tertiary/aromatic N) is 4. The first-order chi connectivity index (χ1) is 15.2. The SMILES string of the molecule is CC1(C)C(=O)NC(=O)N1CCNc1ncc(Br)c(-c2cnc(Nc3ccc(F)cc3)s2)n1. The predicted octanol–water partition coefficient (Wildman–Crippen LogP) is 3.99. The number of hydrogen-bond donors (Lipinski definition) is 3. The second-order valence-corrected chi connectivity index (χ2v) is 9.33.